The predicted molar refractivity (Wildman–Crippen MR) is 66.2 cm³/mol. The number of hydrogen-bond donors (Lipinski definition) is 1. The van der Waals surface area contributed by atoms with Gasteiger partial charge in [-0.15, -0.1) is 0 Å². The maximum atomic E-state index is 12.5. The van der Waals surface area contributed by atoms with Gasteiger partial charge in [0.2, 0.25) is 0 Å². The van der Waals surface area contributed by atoms with Gasteiger partial charge in [-0.25, -0.2) is 0 Å². The van der Waals surface area contributed by atoms with Gasteiger partial charge >= 0.3 is 6.18 Å². The molecule has 0 unspecified atom stereocenters. The van der Waals surface area contributed by atoms with Gasteiger partial charge in [-0.1, -0.05) is 17.7 Å². The van der Waals surface area contributed by atoms with Crippen molar-refractivity contribution in [2.45, 2.75) is 6.18 Å². The highest BCUT2D eigenvalue weighted by atomic mass is 35.5. The Hall–Kier alpha value is -1.68. The Morgan fingerprint density at radius 2 is 1.56 bits per heavy atom. The second-order valence-corrected chi connectivity index (χ2v) is 4.15. The lowest BCUT2D eigenvalue weighted by Crippen LogP contribution is -2.05. The summed E-state index contributed by atoms with van der Waals surface area (Å²) in [5.74, 6) is 0. The summed E-state index contributed by atoms with van der Waals surface area (Å²) >= 11 is 5.72. The van der Waals surface area contributed by atoms with Crippen LogP contribution in [0.5, 0.6) is 0 Å². The summed E-state index contributed by atoms with van der Waals surface area (Å²) in [4.78, 5) is 0. The highest BCUT2D eigenvalue weighted by Crippen LogP contribution is 2.31. The molecule has 94 valence electrons. The monoisotopic (exact) mass is 271 g/mol. The normalized spacial score (nSPS) is 11.3. The van der Waals surface area contributed by atoms with Crippen molar-refractivity contribution < 1.29 is 13.2 Å². The summed E-state index contributed by atoms with van der Waals surface area (Å²) < 4.78 is 37.5. The molecule has 18 heavy (non-hydrogen) atoms. The van der Waals surface area contributed by atoms with Crippen molar-refractivity contribution in [3.05, 3.63) is 59.1 Å². The molecule has 0 amide bonds. The Morgan fingerprint density at radius 1 is 0.889 bits per heavy atom. The number of halogens is 4. The van der Waals surface area contributed by atoms with E-state index in [2.05, 4.69) is 5.32 Å². The van der Waals surface area contributed by atoms with Crippen molar-refractivity contribution >= 4 is 23.0 Å². The molecule has 2 aromatic rings. The molecule has 2 aromatic carbocycles. The maximum Gasteiger partial charge on any atom is 0.416 e. The molecular weight excluding hydrogens is 263 g/mol. The summed E-state index contributed by atoms with van der Waals surface area (Å²) in [6, 6.07) is 11.8. The van der Waals surface area contributed by atoms with E-state index in [0.717, 1.165) is 12.1 Å². The van der Waals surface area contributed by atoms with E-state index in [0.29, 0.717) is 16.4 Å². The van der Waals surface area contributed by atoms with Crippen LogP contribution in [0.15, 0.2) is 48.5 Å². The molecule has 0 heterocycles. The summed E-state index contributed by atoms with van der Waals surface area (Å²) in [5, 5.41) is 3.46. The van der Waals surface area contributed by atoms with Crippen LogP contribution >= 0.6 is 11.6 Å². The van der Waals surface area contributed by atoms with Crippen LogP contribution in [-0.4, -0.2) is 0 Å². The van der Waals surface area contributed by atoms with Crippen molar-refractivity contribution in [3.63, 3.8) is 0 Å². The topological polar surface area (TPSA) is 12.0 Å². The number of rotatable bonds is 2. The van der Waals surface area contributed by atoms with Crippen molar-refractivity contribution in [2.24, 2.45) is 0 Å². The molecule has 1 N–H and O–H groups in total. The zero-order valence-corrected chi connectivity index (χ0v) is 9.89. The van der Waals surface area contributed by atoms with E-state index in [1.165, 1.54) is 6.07 Å². The van der Waals surface area contributed by atoms with Crippen molar-refractivity contribution in [1.29, 1.82) is 0 Å². The fourth-order valence-electron chi connectivity index (χ4n) is 1.47. The summed E-state index contributed by atoms with van der Waals surface area (Å²) in [6.45, 7) is 0. The molecule has 1 nitrogen and oxygen atoms in total. The van der Waals surface area contributed by atoms with E-state index < -0.39 is 11.7 Å². The van der Waals surface area contributed by atoms with E-state index in [1.807, 2.05) is 0 Å². The van der Waals surface area contributed by atoms with Crippen LogP contribution in [0, 0.1) is 0 Å². The fourth-order valence-corrected chi connectivity index (χ4v) is 1.60. The second kappa shape index (κ2) is 4.90. The molecule has 0 aliphatic heterocycles. The molecule has 5 heteroatoms. The van der Waals surface area contributed by atoms with Crippen LogP contribution in [0.4, 0.5) is 24.5 Å². The van der Waals surface area contributed by atoms with Gasteiger partial charge < -0.3 is 5.32 Å². The second-order valence-electron chi connectivity index (χ2n) is 3.71. The van der Waals surface area contributed by atoms with Crippen LogP contribution in [-0.2, 0) is 6.18 Å². The van der Waals surface area contributed by atoms with Gasteiger partial charge in [0.15, 0.2) is 0 Å². The van der Waals surface area contributed by atoms with Crippen LogP contribution in [0.1, 0.15) is 5.56 Å². The average Bonchev–Trinajstić information content (AvgIpc) is 2.31. The minimum atomic E-state index is -4.34. The molecular formula is C13H9ClF3N. The lowest BCUT2D eigenvalue weighted by molar-refractivity contribution is -0.137. The molecule has 0 spiro atoms. The van der Waals surface area contributed by atoms with Crippen molar-refractivity contribution in [3.8, 4) is 0 Å². The molecule has 0 atom stereocenters. The first-order valence-corrected chi connectivity index (χ1v) is 5.53. The highest BCUT2D eigenvalue weighted by Gasteiger charge is 2.30. The molecule has 0 aromatic heterocycles. The summed E-state index contributed by atoms with van der Waals surface area (Å²) in [7, 11) is 0. The largest absolute Gasteiger partial charge is 0.416 e. The first-order chi connectivity index (χ1) is 8.45. The molecule has 2 rings (SSSR count). The third-order valence-electron chi connectivity index (χ3n) is 2.32. The van der Waals surface area contributed by atoms with Gasteiger partial charge in [0.1, 0.15) is 0 Å². The first-order valence-electron chi connectivity index (χ1n) is 5.15. The van der Waals surface area contributed by atoms with Gasteiger partial charge in [0.05, 0.1) is 5.56 Å². The number of hydrogen-bond acceptors (Lipinski definition) is 1. The first kappa shape index (κ1) is 12.8. The van der Waals surface area contributed by atoms with Crippen LogP contribution in [0.2, 0.25) is 5.02 Å². The minimum Gasteiger partial charge on any atom is -0.356 e. The summed E-state index contributed by atoms with van der Waals surface area (Å²) in [5.41, 5.74) is 0.382. The van der Waals surface area contributed by atoms with E-state index in [4.69, 9.17) is 11.6 Å². The van der Waals surface area contributed by atoms with Crippen LogP contribution < -0.4 is 5.32 Å². The molecule has 0 bridgehead atoms. The molecule has 0 saturated heterocycles. The Kier molecular flexibility index (Phi) is 3.48. The smallest absolute Gasteiger partial charge is 0.356 e. The van der Waals surface area contributed by atoms with Crippen molar-refractivity contribution in [1.82, 2.24) is 0 Å². The van der Waals surface area contributed by atoms with Gasteiger partial charge in [0.25, 0.3) is 0 Å². The quantitative estimate of drug-likeness (QED) is 0.801. The van der Waals surface area contributed by atoms with Gasteiger partial charge in [0, 0.05) is 16.4 Å². The van der Waals surface area contributed by atoms with Gasteiger partial charge in [-0.3, -0.25) is 0 Å². The highest BCUT2D eigenvalue weighted by molar-refractivity contribution is 6.30. The third-order valence-corrected chi connectivity index (χ3v) is 2.57. The number of benzene rings is 2. The Balaban J connectivity index is 2.22. The van der Waals surface area contributed by atoms with E-state index >= 15 is 0 Å². The number of anilines is 2. The summed E-state index contributed by atoms with van der Waals surface area (Å²) in [6.07, 6.45) is -4.34. The molecule has 0 aliphatic rings. The Morgan fingerprint density at radius 3 is 2.17 bits per heavy atom. The van der Waals surface area contributed by atoms with E-state index in [9.17, 15) is 13.2 Å². The Bertz CT molecular complexity index is 535. The Labute approximate surface area is 107 Å². The van der Waals surface area contributed by atoms with E-state index in [1.54, 1.807) is 30.3 Å². The molecule has 0 saturated carbocycles. The molecule has 0 fully saturated rings. The van der Waals surface area contributed by atoms with Gasteiger partial charge in [-0.05, 0) is 42.5 Å². The zero-order valence-electron chi connectivity index (χ0n) is 9.13. The minimum absolute atomic E-state index is 0.382. The van der Waals surface area contributed by atoms with Crippen LogP contribution in [0.3, 0.4) is 0 Å². The molecule has 0 aliphatic carbocycles. The lowest BCUT2D eigenvalue weighted by atomic mass is 10.2. The average molecular weight is 272 g/mol. The standard InChI is InChI=1S/C13H9ClF3N/c14-10-4-6-11(7-5-10)18-12-3-1-2-9(8-12)13(15,16)17/h1-8,18H. The molecule has 0 radical (unpaired) electrons. The van der Waals surface area contributed by atoms with Crippen molar-refractivity contribution in [2.75, 3.05) is 5.32 Å². The fraction of sp³-hybridized carbons (Fsp3) is 0.0769. The maximum absolute atomic E-state index is 12.5. The van der Waals surface area contributed by atoms with E-state index in [-0.39, 0.29) is 0 Å². The lowest BCUT2D eigenvalue weighted by Gasteiger charge is -2.10. The SMILES string of the molecule is FC(F)(F)c1cccc(Nc2ccc(Cl)cc2)c1. The number of alkyl halides is 3. The van der Waals surface area contributed by atoms with Gasteiger partial charge in [-0.2, -0.15) is 13.2 Å². The van der Waals surface area contributed by atoms with Crippen LogP contribution in [0.25, 0.3) is 0 Å². The zero-order chi connectivity index (χ0) is 13.2. The predicted octanol–water partition coefficient (Wildman–Crippen LogP) is 5.10. The number of nitrogens with one attached hydrogen (secondary N) is 1. The third kappa shape index (κ3) is 3.17.